The summed E-state index contributed by atoms with van der Waals surface area (Å²) in [6.07, 6.45) is 1.69. The second-order valence-corrected chi connectivity index (χ2v) is 3.75. The highest BCUT2D eigenvalue weighted by atomic mass is 16.5. The Morgan fingerprint density at radius 2 is 1.74 bits per heavy atom. The topological polar surface area (TPSA) is 35.5 Å². The second-order valence-electron chi connectivity index (χ2n) is 3.75. The highest BCUT2D eigenvalue weighted by Crippen LogP contribution is 2.30. The molecular formula is C16H13O3. The van der Waals surface area contributed by atoms with Gasteiger partial charge in [-0.2, -0.15) is 0 Å². The Morgan fingerprint density at radius 3 is 2.42 bits per heavy atom. The molecule has 2 rings (SSSR count). The van der Waals surface area contributed by atoms with Gasteiger partial charge in [0.2, 0.25) is 0 Å². The van der Waals surface area contributed by atoms with Crippen LogP contribution in [0.15, 0.2) is 60.7 Å². The van der Waals surface area contributed by atoms with E-state index < -0.39 is 0 Å². The van der Waals surface area contributed by atoms with Crippen LogP contribution in [0.4, 0.5) is 0 Å². The molecule has 0 amide bonds. The smallest absolute Gasteiger partial charge is 0.423 e. The number of ether oxygens (including phenoxy) is 2. The minimum atomic E-state index is 0.418. The fraction of sp³-hybridized carbons (Fsp3) is 0.0625. The summed E-state index contributed by atoms with van der Waals surface area (Å²) < 4.78 is 10.6. The van der Waals surface area contributed by atoms with Gasteiger partial charge in [0.05, 0.1) is 5.56 Å². The zero-order chi connectivity index (χ0) is 13.5. The van der Waals surface area contributed by atoms with Crippen molar-refractivity contribution in [1.82, 2.24) is 0 Å². The van der Waals surface area contributed by atoms with Crippen LogP contribution in [0.3, 0.4) is 0 Å². The van der Waals surface area contributed by atoms with Gasteiger partial charge in [-0.1, -0.05) is 30.3 Å². The summed E-state index contributed by atoms with van der Waals surface area (Å²) in [6.45, 7) is 3.22. The average Bonchev–Trinajstić information content (AvgIpc) is 2.47. The van der Waals surface area contributed by atoms with Crippen molar-refractivity contribution in [2.45, 2.75) is 6.92 Å². The molecule has 0 saturated carbocycles. The van der Waals surface area contributed by atoms with Crippen molar-refractivity contribution in [3.05, 3.63) is 66.2 Å². The van der Waals surface area contributed by atoms with Gasteiger partial charge >= 0.3 is 6.47 Å². The third kappa shape index (κ3) is 3.22. The maximum atomic E-state index is 10.4. The number of hydrogen-bond acceptors (Lipinski definition) is 3. The van der Waals surface area contributed by atoms with E-state index in [0.717, 1.165) is 5.75 Å². The summed E-state index contributed by atoms with van der Waals surface area (Å²) in [4.78, 5) is 10.4. The van der Waals surface area contributed by atoms with E-state index in [1.165, 1.54) is 6.47 Å². The summed E-state index contributed by atoms with van der Waals surface area (Å²) in [6, 6.07) is 16.8. The minimum absolute atomic E-state index is 0.418. The fourth-order valence-corrected chi connectivity index (χ4v) is 1.69. The third-order valence-electron chi connectivity index (χ3n) is 2.54. The molecule has 0 fully saturated rings. The van der Waals surface area contributed by atoms with Gasteiger partial charge in [0.15, 0.2) is 0 Å². The summed E-state index contributed by atoms with van der Waals surface area (Å²) in [5.74, 6) is 1.76. The molecule has 0 aliphatic carbocycles. The van der Waals surface area contributed by atoms with E-state index >= 15 is 0 Å². The Balaban J connectivity index is 2.33. The Kier molecular flexibility index (Phi) is 4.34. The van der Waals surface area contributed by atoms with Crippen molar-refractivity contribution < 1.29 is 14.3 Å². The number of allylic oxidation sites excluding steroid dienone is 1. The van der Waals surface area contributed by atoms with E-state index in [2.05, 4.69) is 0 Å². The Labute approximate surface area is 112 Å². The van der Waals surface area contributed by atoms with Crippen molar-refractivity contribution in [2.75, 3.05) is 0 Å². The van der Waals surface area contributed by atoms with E-state index in [-0.39, 0.29) is 0 Å². The van der Waals surface area contributed by atoms with E-state index in [4.69, 9.17) is 9.47 Å². The number of carbonyl (C=O) groups excluding carboxylic acids is 1. The van der Waals surface area contributed by atoms with E-state index in [1.807, 2.05) is 54.6 Å². The first-order valence-corrected chi connectivity index (χ1v) is 5.87. The lowest BCUT2D eigenvalue weighted by Crippen LogP contribution is -1.94. The van der Waals surface area contributed by atoms with E-state index in [0.29, 0.717) is 17.1 Å². The molecular weight excluding hydrogens is 240 g/mol. The predicted molar refractivity (Wildman–Crippen MR) is 73.4 cm³/mol. The quantitative estimate of drug-likeness (QED) is 0.757. The lowest BCUT2D eigenvalue weighted by Gasteiger charge is -2.11. The Morgan fingerprint density at radius 1 is 1.05 bits per heavy atom. The molecule has 0 bridgehead atoms. The van der Waals surface area contributed by atoms with Crippen LogP contribution >= 0.6 is 0 Å². The fourth-order valence-electron chi connectivity index (χ4n) is 1.69. The molecule has 0 unspecified atom stereocenters. The summed E-state index contributed by atoms with van der Waals surface area (Å²) in [7, 11) is 0. The molecule has 2 aromatic carbocycles. The summed E-state index contributed by atoms with van der Waals surface area (Å²) in [5, 5.41) is 0. The van der Waals surface area contributed by atoms with Crippen molar-refractivity contribution in [1.29, 1.82) is 0 Å². The van der Waals surface area contributed by atoms with Crippen LogP contribution in [0.25, 0.3) is 5.76 Å². The van der Waals surface area contributed by atoms with Gasteiger partial charge in [0, 0.05) is 0 Å². The van der Waals surface area contributed by atoms with Crippen LogP contribution in [-0.2, 0) is 9.53 Å². The highest BCUT2D eigenvalue weighted by Gasteiger charge is 2.10. The molecule has 19 heavy (non-hydrogen) atoms. The van der Waals surface area contributed by atoms with Crippen LogP contribution in [0.2, 0.25) is 0 Å². The van der Waals surface area contributed by atoms with Crippen LogP contribution in [0.5, 0.6) is 11.5 Å². The molecule has 0 atom stereocenters. The number of rotatable bonds is 5. The van der Waals surface area contributed by atoms with E-state index in [9.17, 15) is 4.79 Å². The van der Waals surface area contributed by atoms with E-state index in [1.54, 1.807) is 13.0 Å². The molecule has 2 aromatic rings. The molecule has 3 heteroatoms. The number of benzene rings is 2. The maximum absolute atomic E-state index is 10.4. The van der Waals surface area contributed by atoms with Gasteiger partial charge in [0.25, 0.3) is 0 Å². The lowest BCUT2D eigenvalue weighted by molar-refractivity contribution is 0.414. The van der Waals surface area contributed by atoms with Crippen LogP contribution in [0, 0.1) is 0 Å². The van der Waals surface area contributed by atoms with Crippen molar-refractivity contribution in [3.8, 4) is 11.5 Å². The van der Waals surface area contributed by atoms with Gasteiger partial charge in [0.1, 0.15) is 17.3 Å². The highest BCUT2D eigenvalue weighted by molar-refractivity contribution is 5.70. The zero-order valence-corrected chi connectivity index (χ0v) is 10.5. The maximum Gasteiger partial charge on any atom is 0.423 e. The van der Waals surface area contributed by atoms with Crippen LogP contribution in [-0.4, -0.2) is 6.47 Å². The molecule has 0 heterocycles. The first-order valence-electron chi connectivity index (χ1n) is 5.87. The normalized spacial score (nSPS) is 10.9. The molecule has 95 valence electrons. The molecule has 0 aliphatic rings. The standard InChI is InChI=1S/C16H13O3/c1-2-15(18-12-17)14-10-6-7-11-16(14)19-13-8-4-3-5-9-13/h2-11H,1H3/b15-2-. The Bertz CT molecular complexity index is 574. The van der Waals surface area contributed by atoms with Crippen LogP contribution in [0.1, 0.15) is 12.5 Å². The molecule has 0 aromatic heterocycles. The first-order chi connectivity index (χ1) is 9.35. The Hall–Kier alpha value is -2.55. The van der Waals surface area contributed by atoms with Gasteiger partial charge in [-0.15, -0.1) is 0 Å². The predicted octanol–water partition coefficient (Wildman–Crippen LogP) is 3.92. The van der Waals surface area contributed by atoms with Gasteiger partial charge < -0.3 is 9.47 Å². The molecule has 3 nitrogen and oxygen atoms in total. The zero-order valence-electron chi connectivity index (χ0n) is 10.5. The second kappa shape index (κ2) is 6.40. The molecule has 0 N–H and O–H groups in total. The molecule has 0 aliphatic heterocycles. The lowest BCUT2D eigenvalue weighted by atomic mass is 10.1. The monoisotopic (exact) mass is 253 g/mol. The minimum Gasteiger partial charge on any atom is -0.457 e. The molecule has 0 spiro atoms. The summed E-state index contributed by atoms with van der Waals surface area (Å²) >= 11 is 0. The van der Waals surface area contributed by atoms with Crippen LogP contribution < -0.4 is 4.74 Å². The average molecular weight is 253 g/mol. The van der Waals surface area contributed by atoms with Crippen molar-refractivity contribution in [2.24, 2.45) is 0 Å². The van der Waals surface area contributed by atoms with Crippen molar-refractivity contribution in [3.63, 3.8) is 0 Å². The van der Waals surface area contributed by atoms with Gasteiger partial charge in [-0.25, -0.2) is 4.79 Å². The molecule has 0 saturated heterocycles. The van der Waals surface area contributed by atoms with Crippen molar-refractivity contribution >= 4 is 12.2 Å². The largest absolute Gasteiger partial charge is 0.457 e. The third-order valence-corrected chi connectivity index (χ3v) is 2.54. The van der Waals surface area contributed by atoms with Gasteiger partial charge in [-0.3, -0.25) is 0 Å². The number of hydrogen-bond donors (Lipinski definition) is 0. The summed E-state index contributed by atoms with van der Waals surface area (Å²) in [5.41, 5.74) is 0.706. The molecule has 1 radical (unpaired) electrons. The first kappa shape index (κ1) is 12.9. The number of para-hydroxylation sites is 2. The SMILES string of the molecule is C/C=C(\O[C]=O)c1ccccc1Oc1ccccc1. The van der Waals surface area contributed by atoms with Gasteiger partial charge in [-0.05, 0) is 37.3 Å².